The Bertz CT molecular complexity index is 1380. The number of carbonyl (C=O) groups excluding carboxylic acids is 2. The topological polar surface area (TPSA) is 73.2 Å². The number of nitrogens with one attached hydrogen (secondary N) is 1. The van der Waals surface area contributed by atoms with Gasteiger partial charge >= 0.3 is 12.1 Å². The van der Waals surface area contributed by atoms with Crippen molar-refractivity contribution in [3.63, 3.8) is 0 Å². The van der Waals surface area contributed by atoms with E-state index in [1.54, 1.807) is 12.1 Å². The Kier molecular flexibility index (Phi) is 6.59. The number of esters is 1. The Balaban J connectivity index is 1.62. The number of alkyl halides is 3. The highest BCUT2D eigenvalue weighted by Gasteiger charge is 2.38. The molecule has 1 amide bonds. The van der Waals surface area contributed by atoms with Crippen LogP contribution in [0.4, 0.5) is 18.9 Å². The fourth-order valence-electron chi connectivity index (χ4n) is 3.75. The van der Waals surface area contributed by atoms with Crippen LogP contribution in [0.2, 0.25) is 0 Å². The zero-order valence-corrected chi connectivity index (χ0v) is 19.0. The van der Waals surface area contributed by atoms with Gasteiger partial charge in [0.2, 0.25) is 5.82 Å². The lowest BCUT2D eigenvalue weighted by Gasteiger charge is -2.13. The number of anilines is 1. The zero-order valence-electron chi connectivity index (χ0n) is 19.0. The SMILES string of the molecule is CCCc1ccc(C(=O)Nc2ccc(-n3c(C(F)(F)F)nc4cc(OC(C)=O)ccc43)cc2)cc1. The number of imidazole rings is 1. The van der Waals surface area contributed by atoms with Crippen molar-refractivity contribution in [1.82, 2.24) is 9.55 Å². The first-order valence-corrected chi connectivity index (χ1v) is 10.9. The third-order valence-corrected chi connectivity index (χ3v) is 5.28. The monoisotopic (exact) mass is 481 g/mol. The summed E-state index contributed by atoms with van der Waals surface area (Å²) in [5.74, 6) is -1.92. The van der Waals surface area contributed by atoms with Crippen molar-refractivity contribution in [2.24, 2.45) is 0 Å². The summed E-state index contributed by atoms with van der Waals surface area (Å²) in [7, 11) is 0. The number of amides is 1. The van der Waals surface area contributed by atoms with E-state index < -0.39 is 18.0 Å². The number of nitrogens with zero attached hydrogens (tertiary/aromatic N) is 2. The van der Waals surface area contributed by atoms with Gasteiger partial charge in [0.1, 0.15) is 5.75 Å². The quantitative estimate of drug-likeness (QED) is 0.264. The smallest absolute Gasteiger partial charge is 0.427 e. The molecule has 0 aliphatic rings. The summed E-state index contributed by atoms with van der Waals surface area (Å²) in [4.78, 5) is 27.5. The summed E-state index contributed by atoms with van der Waals surface area (Å²) < 4.78 is 47.3. The van der Waals surface area contributed by atoms with Crippen LogP contribution in [0.15, 0.2) is 66.7 Å². The summed E-state index contributed by atoms with van der Waals surface area (Å²) >= 11 is 0. The number of hydrogen-bond acceptors (Lipinski definition) is 4. The lowest BCUT2D eigenvalue weighted by Crippen LogP contribution is -2.14. The standard InChI is InChI=1S/C26H22F3N3O3/c1-3-4-17-5-7-18(8-6-17)24(34)30-19-9-11-20(12-10-19)32-23-14-13-21(35-16(2)33)15-22(23)31-25(32)26(27,28)29/h5-15H,3-4H2,1-2H3,(H,30,34). The summed E-state index contributed by atoms with van der Waals surface area (Å²) in [6.07, 6.45) is -2.79. The molecule has 4 aromatic rings. The highest BCUT2D eigenvalue weighted by Crippen LogP contribution is 2.35. The van der Waals surface area contributed by atoms with Crippen LogP contribution in [0.25, 0.3) is 16.7 Å². The van der Waals surface area contributed by atoms with Crippen LogP contribution in [0.3, 0.4) is 0 Å². The highest BCUT2D eigenvalue weighted by atomic mass is 19.4. The van der Waals surface area contributed by atoms with Crippen LogP contribution in [0.1, 0.15) is 42.0 Å². The van der Waals surface area contributed by atoms with Gasteiger partial charge in [0.05, 0.1) is 11.0 Å². The molecular weight excluding hydrogens is 459 g/mol. The van der Waals surface area contributed by atoms with Crippen molar-refractivity contribution in [2.45, 2.75) is 32.9 Å². The van der Waals surface area contributed by atoms with Crippen LogP contribution < -0.4 is 10.1 Å². The van der Waals surface area contributed by atoms with Gasteiger partial charge in [-0.2, -0.15) is 13.2 Å². The van der Waals surface area contributed by atoms with Crippen LogP contribution in [0.5, 0.6) is 5.75 Å². The third-order valence-electron chi connectivity index (χ3n) is 5.28. The van der Waals surface area contributed by atoms with E-state index in [4.69, 9.17) is 4.74 Å². The van der Waals surface area contributed by atoms with E-state index in [9.17, 15) is 22.8 Å². The molecule has 0 bridgehead atoms. The third kappa shape index (κ3) is 5.34. The van der Waals surface area contributed by atoms with E-state index >= 15 is 0 Å². The fourth-order valence-corrected chi connectivity index (χ4v) is 3.75. The van der Waals surface area contributed by atoms with Gasteiger partial charge in [-0.05, 0) is 60.5 Å². The van der Waals surface area contributed by atoms with Crippen molar-refractivity contribution in [1.29, 1.82) is 0 Å². The van der Waals surface area contributed by atoms with Crippen LogP contribution in [-0.4, -0.2) is 21.4 Å². The van der Waals surface area contributed by atoms with Crippen LogP contribution >= 0.6 is 0 Å². The van der Waals surface area contributed by atoms with Crippen molar-refractivity contribution in [3.8, 4) is 11.4 Å². The normalized spacial score (nSPS) is 11.5. The number of halogens is 3. The predicted molar refractivity (Wildman–Crippen MR) is 126 cm³/mol. The maximum Gasteiger partial charge on any atom is 0.450 e. The first kappa shape index (κ1) is 24.0. The first-order valence-electron chi connectivity index (χ1n) is 10.9. The largest absolute Gasteiger partial charge is 0.450 e. The van der Waals surface area contributed by atoms with Crippen LogP contribution in [0, 0.1) is 0 Å². The maximum absolute atomic E-state index is 13.8. The molecule has 0 spiro atoms. The number of hydrogen-bond donors (Lipinski definition) is 1. The maximum atomic E-state index is 13.8. The van der Waals surface area contributed by atoms with E-state index in [0.717, 1.165) is 23.0 Å². The lowest BCUT2D eigenvalue weighted by atomic mass is 10.1. The van der Waals surface area contributed by atoms with E-state index in [1.807, 2.05) is 12.1 Å². The predicted octanol–water partition coefficient (Wildman–Crippen LogP) is 6.17. The molecule has 0 fully saturated rings. The Morgan fingerprint density at radius 3 is 2.29 bits per heavy atom. The lowest BCUT2D eigenvalue weighted by molar-refractivity contribution is -0.145. The molecule has 4 rings (SSSR count). The van der Waals surface area contributed by atoms with E-state index in [1.165, 1.54) is 49.4 Å². The first-order chi connectivity index (χ1) is 16.7. The van der Waals surface area contributed by atoms with Gasteiger partial charge in [0.25, 0.3) is 5.91 Å². The molecule has 0 radical (unpaired) electrons. The average Bonchev–Trinajstić information content (AvgIpc) is 3.19. The van der Waals surface area contributed by atoms with Gasteiger partial charge in [-0.25, -0.2) is 4.98 Å². The molecule has 0 saturated heterocycles. The number of fused-ring (bicyclic) bond motifs is 1. The van der Waals surface area contributed by atoms with Gasteiger partial charge < -0.3 is 10.1 Å². The van der Waals surface area contributed by atoms with E-state index in [0.29, 0.717) is 11.3 Å². The highest BCUT2D eigenvalue weighted by molar-refractivity contribution is 6.04. The summed E-state index contributed by atoms with van der Waals surface area (Å²) in [5.41, 5.74) is 2.49. The number of aryl methyl sites for hydroxylation is 1. The number of aromatic nitrogens is 2. The van der Waals surface area contributed by atoms with Crippen LogP contribution in [-0.2, 0) is 17.4 Å². The van der Waals surface area contributed by atoms with Crippen molar-refractivity contribution in [2.75, 3.05) is 5.32 Å². The number of ether oxygens (including phenoxy) is 1. The van der Waals surface area contributed by atoms with Crippen molar-refractivity contribution < 1.29 is 27.5 Å². The molecule has 6 nitrogen and oxygen atoms in total. The van der Waals surface area contributed by atoms with Crippen molar-refractivity contribution >= 4 is 28.6 Å². The summed E-state index contributed by atoms with van der Waals surface area (Å²) in [5, 5.41) is 2.76. The van der Waals surface area contributed by atoms with Gasteiger partial charge in [-0.1, -0.05) is 25.5 Å². The molecule has 0 unspecified atom stereocenters. The van der Waals surface area contributed by atoms with Gasteiger partial charge in [0.15, 0.2) is 0 Å². The van der Waals surface area contributed by atoms with Gasteiger partial charge in [-0.15, -0.1) is 0 Å². The summed E-state index contributed by atoms with van der Waals surface area (Å²) in [6.45, 7) is 3.28. The molecule has 9 heteroatoms. The molecule has 0 saturated carbocycles. The average molecular weight is 481 g/mol. The Morgan fingerprint density at radius 1 is 1.00 bits per heavy atom. The molecule has 35 heavy (non-hydrogen) atoms. The zero-order chi connectivity index (χ0) is 25.2. The molecule has 180 valence electrons. The Morgan fingerprint density at radius 2 is 1.69 bits per heavy atom. The number of carbonyl (C=O) groups is 2. The second-order valence-corrected chi connectivity index (χ2v) is 7.96. The molecular formula is C26H22F3N3O3. The number of benzene rings is 3. The minimum atomic E-state index is -4.72. The minimum absolute atomic E-state index is 0.0278. The van der Waals surface area contributed by atoms with E-state index in [-0.39, 0.29) is 28.4 Å². The molecule has 1 heterocycles. The second-order valence-electron chi connectivity index (χ2n) is 7.96. The van der Waals surface area contributed by atoms with Gasteiger partial charge in [0, 0.05) is 29.9 Å². The second kappa shape index (κ2) is 9.61. The molecule has 1 N–H and O–H groups in total. The Labute approximate surface area is 199 Å². The molecule has 0 aliphatic heterocycles. The molecule has 3 aromatic carbocycles. The number of rotatable bonds is 6. The van der Waals surface area contributed by atoms with E-state index in [2.05, 4.69) is 17.2 Å². The molecule has 1 aromatic heterocycles. The van der Waals surface area contributed by atoms with Crippen molar-refractivity contribution in [3.05, 3.63) is 83.7 Å². The fraction of sp³-hybridized carbons (Fsp3) is 0.192. The molecule has 0 atom stereocenters. The van der Waals surface area contributed by atoms with Gasteiger partial charge in [-0.3, -0.25) is 14.2 Å². The Hall–Kier alpha value is -4.14. The summed E-state index contributed by atoms with van der Waals surface area (Å²) in [6, 6.07) is 17.4. The minimum Gasteiger partial charge on any atom is -0.427 e. The molecule has 0 aliphatic carbocycles.